The van der Waals surface area contributed by atoms with Crippen LogP contribution in [0.4, 0.5) is 0 Å². The molecule has 92 valence electrons. The molecule has 0 saturated carbocycles. The summed E-state index contributed by atoms with van der Waals surface area (Å²) in [6, 6.07) is 0.697. The summed E-state index contributed by atoms with van der Waals surface area (Å²) in [5.41, 5.74) is 0. The molecule has 1 unspecified atom stereocenters. The molecule has 15 heavy (non-hydrogen) atoms. The first-order valence-corrected chi connectivity index (χ1v) is 6.51. The van der Waals surface area contributed by atoms with E-state index in [2.05, 4.69) is 33.0 Å². The Labute approximate surface area is 95.8 Å². The van der Waals surface area contributed by atoms with Gasteiger partial charge in [-0.15, -0.1) is 0 Å². The van der Waals surface area contributed by atoms with Gasteiger partial charge in [-0.2, -0.15) is 0 Å². The number of hydrogen-bond acceptors (Lipinski definition) is 2. The van der Waals surface area contributed by atoms with Crippen LogP contribution in [0.2, 0.25) is 0 Å². The molecule has 0 heterocycles. The normalized spacial score (nSPS) is 13.4. The fourth-order valence-corrected chi connectivity index (χ4v) is 1.74. The van der Waals surface area contributed by atoms with Crippen LogP contribution in [0.25, 0.3) is 0 Å². The molecule has 1 N–H and O–H groups in total. The van der Waals surface area contributed by atoms with E-state index in [0.29, 0.717) is 12.0 Å². The average molecular weight is 215 g/mol. The summed E-state index contributed by atoms with van der Waals surface area (Å²) in [7, 11) is 0. The second kappa shape index (κ2) is 10.4. The predicted molar refractivity (Wildman–Crippen MR) is 67.3 cm³/mol. The van der Waals surface area contributed by atoms with E-state index in [1.807, 2.05) is 0 Å². The van der Waals surface area contributed by atoms with Gasteiger partial charge >= 0.3 is 0 Å². The maximum Gasteiger partial charge on any atom is 0.0488 e. The number of ether oxygens (including phenoxy) is 1. The summed E-state index contributed by atoms with van der Waals surface area (Å²) in [4.78, 5) is 0. The van der Waals surface area contributed by atoms with Crippen molar-refractivity contribution in [2.24, 2.45) is 5.92 Å². The van der Waals surface area contributed by atoms with Gasteiger partial charge in [-0.05, 0) is 31.7 Å². The largest absolute Gasteiger partial charge is 0.381 e. The zero-order valence-corrected chi connectivity index (χ0v) is 11.0. The third-order valence-corrected chi connectivity index (χ3v) is 2.42. The molecule has 0 amide bonds. The molecule has 0 bridgehead atoms. The van der Waals surface area contributed by atoms with Crippen molar-refractivity contribution in [2.45, 2.75) is 59.4 Å². The first-order chi connectivity index (χ1) is 7.20. The van der Waals surface area contributed by atoms with Crippen molar-refractivity contribution in [1.82, 2.24) is 5.32 Å². The van der Waals surface area contributed by atoms with Gasteiger partial charge in [-0.3, -0.25) is 0 Å². The van der Waals surface area contributed by atoms with Gasteiger partial charge in [0.2, 0.25) is 0 Å². The van der Waals surface area contributed by atoms with Gasteiger partial charge in [0.15, 0.2) is 0 Å². The van der Waals surface area contributed by atoms with Gasteiger partial charge in [0.05, 0.1) is 0 Å². The van der Waals surface area contributed by atoms with E-state index in [4.69, 9.17) is 4.74 Å². The van der Waals surface area contributed by atoms with Gasteiger partial charge < -0.3 is 10.1 Å². The third-order valence-electron chi connectivity index (χ3n) is 2.42. The van der Waals surface area contributed by atoms with E-state index in [0.717, 1.165) is 19.8 Å². The highest BCUT2D eigenvalue weighted by molar-refractivity contribution is 4.64. The minimum absolute atomic E-state index is 0.658. The molecule has 0 aliphatic rings. The van der Waals surface area contributed by atoms with Gasteiger partial charge in [-0.25, -0.2) is 0 Å². The van der Waals surface area contributed by atoms with Crippen LogP contribution < -0.4 is 5.32 Å². The minimum Gasteiger partial charge on any atom is -0.381 e. The highest BCUT2D eigenvalue weighted by Crippen LogP contribution is 2.05. The van der Waals surface area contributed by atoms with Gasteiger partial charge in [-0.1, -0.05) is 34.1 Å². The highest BCUT2D eigenvalue weighted by Gasteiger charge is 2.05. The van der Waals surface area contributed by atoms with Crippen molar-refractivity contribution in [3.63, 3.8) is 0 Å². The smallest absolute Gasteiger partial charge is 0.0488 e. The first kappa shape index (κ1) is 14.9. The van der Waals surface area contributed by atoms with E-state index in [1.165, 1.54) is 25.7 Å². The lowest BCUT2D eigenvalue weighted by Gasteiger charge is -2.17. The number of rotatable bonds is 10. The van der Waals surface area contributed by atoms with Crippen molar-refractivity contribution in [3.05, 3.63) is 0 Å². The second-order valence-corrected chi connectivity index (χ2v) is 4.65. The van der Waals surface area contributed by atoms with E-state index < -0.39 is 0 Å². The SMILES string of the molecule is CCCC(CCCOCC(C)C)NCC. The Bertz CT molecular complexity index is 120. The molecule has 2 heteroatoms. The van der Waals surface area contributed by atoms with E-state index >= 15 is 0 Å². The molecule has 0 radical (unpaired) electrons. The fraction of sp³-hybridized carbons (Fsp3) is 1.00. The Balaban J connectivity index is 3.36. The molecule has 0 aromatic rings. The Morgan fingerprint density at radius 3 is 2.40 bits per heavy atom. The maximum atomic E-state index is 5.57. The first-order valence-electron chi connectivity index (χ1n) is 6.51. The Hall–Kier alpha value is -0.0800. The highest BCUT2D eigenvalue weighted by atomic mass is 16.5. The second-order valence-electron chi connectivity index (χ2n) is 4.65. The van der Waals surface area contributed by atoms with Crippen LogP contribution in [-0.2, 0) is 4.74 Å². The number of hydrogen-bond donors (Lipinski definition) is 1. The molecule has 2 nitrogen and oxygen atoms in total. The van der Waals surface area contributed by atoms with Crippen LogP contribution in [0.5, 0.6) is 0 Å². The fourth-order valence-electron chi connectivity index (χ4n) is 1.74. The Kier molecular flexibility index (Phi) is 10.4. The van der Waals surface area contributed by atoms with Gasteiger partial charge in [0, 0.05) is 19.3 Å². The molecule has 0 aromatic carbocycles. The average Bonchev–Trinajstić information content (AvgIpc) is 2.17. The van der Waals surface area contributed by atoms with E-state index in [1.54, 1.807) is 0 Å². The molecule has 0 spiro atoms. The topological polar surface area (TPSA) is 21.3 Å². The summed E-state index contributed by atoms with van der Waals surface area (Å²) >= 11 is 0. The molecule has 0 aliphatic carbocycles. The zero-order valence-electron chi connectivity index (χ0n) is 11.0. The summed E-state index contributed by atoms with van der Waals surface area (Å²) in [5, 5.41) is 3.53. The van der Waals surface area contributed by atoms with Crippen LogP contribution in [-0.4, -0.2) is 25.8 Å². The van der Waals surface area contributed by atoms with Crippen LogP contribution in [0.3, 0.4) is 0 Å². The third kappa shape index (κ3) is 10.2. The molecule has 0 saturated heterocycles. The quantitative estimate of drug-likeness (QED) is 0.565. The predicted octanol–water partition coefficient (Wildman–Crippen LogP) is 3.22. The Morgan fingerprint density at radius 1 is 1.13 bits per heavy atom. The van der Waals surface area contributed by atoms with Crippen molar-refractivity contribution < 1.29 is 4.74 Å². The molecular formula is C13H29NO. The van der Waals surface area contributed by atoms with Crippen molar-refractivity contribution in [2.75, 3.05) is 19.8 Å². The van der Waals surface area contributed by atoms with Crippen molar-refractivity contribution in [1.29, 1.82) is 0 Å². The van der Waals surface area contributed by atoms with Gasteiger partial charge in [0.25, 0.3) is 0 Å². The maximum absolute atomic E-state index is 5.57. The van der Waals surface area contributed by atoms with Crippen LogP contribution >= 0.6 is 0 Å². The van der Waals surface area contributed by atoms with Crippen molar-refractivity contribution in [3.8, 4) is 0 Å². The van der Waals surface area contributed by atoms with Gasteiger partial charge in [0.1, 0.15) is 0 Å². The Morgan fingerprint density at radius 2 is 1.87 bits per heavy atom. The summed E-state index contributed by atoms with van der Waals surface area (Å²) < 4.78 is 5.57. The lowest BCUT2D eigenvalue weighted by Crippen LogP contribution is -2.28. The molecule has 0 rings (SSSR count). The molecule has 0 fully saturated rings. The lowest BCUT2D eigenvalue weighted by molar-refractivity contribution is 0.104. The number of nitrogens with one attached hydrogen (secondary N) is 1. The molecule has 0 aliphatic heterocycles. The standard InChI is InChI=1S/C13H29NO/c1-5-8-13(14-6-2)9-7-10-15-11-12(3)4/h12-14H,5-11H2,1-4H3. The van der Waals surface area contributed by atoms with Crippen LogP contribution in [0.15, 0.2) is 0 Å². The van der Waals surface area contributed by atoms with Crippen LogP contribution in [0.1, 0.15) is 53.4 Å². The molecule has 0 aromatic heterocycles. The van der Waals surface area contributed by atoms with E-state index in [9.17, 15) is 0 Å². The summed E-state index contributed by atoms with van der Waals surface area (Å²) in [6.45, 7) is 11.7. The summed E-state index contributed by atoms with van der Waals surface area (Å²) in [5.74, 6) is 0.658. The van der Waals surface area contributed by atoms with Crippen molar-refractivity contribution >= 4 is 0 Å². The van der Waals surface area contributed by atoms with E-state index in [-0.39, 0.29) is 0 Å². The zero-order chi connectivity index (χ0) is 11.5. The monoisotopic (exact) mass is 215 g/mol. The van der Waals surface area contributed by atoms with Crippen LogP contribution in [0, 0.1) is 5.92 Å². The molecule has 1 atom stereocenters. The lowest BCUT2D eigenvalue weighted by atomic mass is 10.1. The summed E-state index contributed by atoms with van der Waals surface area (Å²) in [6.07, 6.45) is 4.99. The molecular weight excluding hydrogens is 186 g/mol. The minimum atomic E-state index is 0.658.